The third-order valence-corrected chi connectivity index (χ3v) is 3.93. The molecule has 0 aromatic heterocycles. The molecule has 2 nitrogen and oxygen atoms in total. The van der Waals surface area contributed by atoms with E-state index in [1.54, 1.807) is 0 Å². The van der Waals surface area contributed by atoms with Gasteiger partial charge in [-0.3, -0.25) is 5.32 Å². The van der Waals surface area contributed by atoms with Crippen molar-refractivity contribution in [1.82, 2.24) is 10.2 Å². The quantitative estimate of drug-likeness (QED) is 0.432. The molecule has 1 aromatic carbocycles. The SMILES string of the molecule is CN1CNC(C(F)(F)F)C2=C1C(F)(F)c1c(F)c(F)c(F)c(F)c12. The fourth-order valence-electron chi connectivity index (χ4n) is 3.00. The largest absolute Gasteiger partial charge is 0.408 e. The molecule has 24 heavy (non-hydrogen) atoms. The summed E-state index contributed by atoms with van der Waals surface area (Å²) in [6.45, 7) is -0.708. The minimum absolute atomic E-state index is 0.603. The predicted octanol–water partition coefficient (Wildman–Crippen LogP) is 3.48. The number of allylic oxidation sites excluding steroid dienone is 1. The summed E-state index contributed by atoms with van der Waals surface area (Å²) in [5.74, 6) is -14.1. The monoisotopic (exact) mass is 362 g/mol. The van der Waals surface area contributed by atoms with Gasteiger partial charge in [-0.2, -0.15) is 22.0 Å². The minimum atomic E-state index is -5.15. The van der Waals surface area contributed by atoms with E-state index >= 15 is 0 Å². The van der Waals surface area contributed by atoms with Gasteiger partial charge in [0.1, 0.15) is 6.04 Å². The lowest BCUT2D eigenvalue weighted by atomic mass is 9.96. The van der Waals surface area contributed by atoms with Crippen molar-refractivity contribution in [3.63, 3.8) is 0 Å². The zero-order valence-corrected chi connectivity index (χ0v) is 11.6. The highest BCUT2D eigenvalue weighted by Gasteiger charge is 2.59. The van der Waals surface area contributed by atoms with Gasteiger partial charge in [-0.25, -0.2) is 17.6 Å². The van der Waals surface area contributed by atoms with Gasteiger partial charge >= 0.3 is 12.1 Å². The molecule has 0 fully saturated rings. The van der Waals surface area contributed by atoms with Crippen molar-refractivity contribution in [3.8, 4) is 0 Å². The van der Waals surface area contributed by atoms with Crippen molar-refractivity contribution < 1.29 is 39.5 Å². The average Bonchev–Trinajstić information content (AvgIpc) is 2.71. The molecule has 0 radical (unpaired) electrons. The summed E-state index contributed by atoms with van der Waals surface area (Å²) >= 11 is 0. The van der Waals surface area contributed by atoms with Crippen LogP contribution in [0.4, 0.5) is 39.5 Å². The van der Waals surface area contributed by atoms with E-state index in [9.17, 15) is 39.5 Å². The van der Waals surface area contributed by atoms with Crippen LogP contribution in [0.3, 0.4) is 0 Å². The standard InChI is InChI=1S/C13H7F9N2/c1-24-2-23-10(13(20,21)22)4-3-5(12(18,19)11(4)24)7(15)9(17)8(16)6(3)14/h10,23H,2H2,1H3. The second-order valence-corrected chi connectivity index (χ2v) is 5.38. The van der Waals surface area contributed by atoms with Crippen LogP contribution in [-0.2, 0) is 5.92 Å². The molecule has 2 aliphatic rings. The molecule has 1 aromatic rings. The fraction of sp³-hybridized carbons (Fsp3) is 0.385. The van der Waals surface area contributed by atoms with Gasteiger partial charge in [-0.1, -0.05) is 0 Å². The van der Waals surface area contributed by atoms with Crippen LogP contribution < -0.4 is 5.32 Å². The maximum Gasteiger partial charge on any atom is 0.408 e. The van der Waals surface area contributed by atoms with Crippen molar-refractivity contribution >= 4 is 5.57 Å². The Hall–Kier alpha value is -1.91. The van der Waals surface area contributed by atoms with Crippen molar-refractivity contribution in [3.05, 3.63) is 40.1 Å². The molecule has 11 heteroatoms. The van der Waals surface area contributed by atoms with Crippen LogP contribution in [0, 0.1) is 23.3 Å². The Kier molecular flexibility index (Phi) is 3.39. The molecule has 0 spiro atoms. The van der Waals surface area contributed by atoms with Gasteiger partial charge in [0.25, 0.3) is 0 Å². The van der Waals surface area contributed by atoms with E-state index in [1.807, 2.05) is 5.32 Å². The molecule has 3 rings (SSSR count). The highest BCUT2D eigenvalue weighted by Crippen LogP contribution is 2.55. The fourth-order valence-corrected chi connectivity index (χ4v) is 3.00. The van der Waals surface area contributed by atoms with Crippen LogP contribution in [-0.4, -0.2) is 30.8 Å². The first-order chi connectivity index (χ1) is 10.9. The molecule has 132 valence electrons. The molecule has 0 amide bonds. The summed E-state index contributed by atoms with van der Waals surface area (Å²) in [6.07, 6.45) is -5.15. The number of nitrogens with one attached hydrogen (secondary N) is 1. The van der Waals surface area contributed by atoms with Gasteiger partial charge in [0, 0.05) is 18.2 Å². The molecule has 1 unspecified atom stereocenters. The van der Waals surface area contributed by atoms with Crippen LogP contribution in [0.15, 0.2) is 5.70 Å². The Morgan fingerprint density at radius 2 is 1.54 bits per heavy atom. The number of alkyl halides is 5. The summed E-state index contributed by atoms with van der Waals surface area (Å²) in [7, 11) is 0.956. The van der Waals surface area contributed by atoms with Crippen LogP contribution in [0.2, 0.25) is 0 Å². The maximum absolute atomic E-state index is 14.4. The average molecular weight is 362 g/mol. The highest BCUT2D eigenvalue weighted by atomic mass is 19.4. The van der Waals surface area contributed by atoms with Crippen LogP contribution in [0.5, 0.6) is 0 Å². The first kappa shape index (κ1) is 16.9. The Bertz CT molecular complexity index is 766. The van der Waals surface area contributed by atoms with E-state index in [0.29, 0.717) is 4.90 Å². The van der Waals surface area contributed by atoms with Crippen molar-refractivity contribution in [1.29, 1.82) is 0 Å². The number of benzene rings is 1. The lowest BCUT2D eigenvalue weighted by Gasteiger charge is -2.36. The lowest BCUT2D eigenvalue weighted by molar-refractivity contribution is -0.145. The summed E-state index contributed by atoms with van der Waals surface area (Å²) in [6, 6.07) is -2.78. The molecule has 1 aliphatic carbocycles. The summed E-state index contributed by atoms with van der Waals surface area (Å²) in [5.41, 5.74) is -6.24. The smallest absolute Gasteiger partial charge is 0.360 e. The second-order valence-electron chi connectivity index (χ2n) is 5.38. The van der Waals surface area contributed by atoms with E-state index < -0.39 is 70.5 Å². The first-order valence-corrected chi connectivity index (χ1v) is 6.41. The molecule has 1 heterocycles. The molecule has 0 saturated carbocycles. The van der Waals surface area contributed by atoms with Crippen molar-refractivity contribution in [2.75, 3.05) is 13.7 Å². The molecule has 1 atom stereocenters. The van der Waals surface area contributed by atoms with Gasteiger partial charge < -0.3 is 4.90 Å². The summed E-state index contributed by atoms with van der Waals surface area (Å²) in [4.78, 5) is 0.603. The van der Waals surface area contributed by atoms with E-state index in [2.05, 4.69) is 0 Å². The molecular formula is C13H7F9N2. The topological polar surface area (TPSA) is 15.3 Å². The van der Waals surface area contributed by atoms with E-state index in [-0.39, 0.29) is 0 Å². The number of nitrogens with zero attached hydrogens (tertiary/aromatic N) is 1. The highest BCUT2D eigenvalue weighted by molar-refractivity contribution is 5.83. The zero-order valence-electron chi connectivity index (χ0n) is 11.6. The van der Waals surface area contributed by atoms with Gasteiger partial charge in [0.15, 0.2) is 23.3 Å². The normalized spacial score (nSPS) is 22.8. The van der Waals surface area contributed by atoms with Crippen molar-refractivity contribution in [2.45, 2.75) is 18.1 Å². The Morgan fingerprint density at radius 3 is 2.08 bits per heavy atom. The van der Waals surface area contributed by atoms with Gasteiger partial charge in [0.2, 0.25) is 0 Å². The molecule has 0 saturated heterocycles. The number of hydrogen-bond acceptors (Lipinski definition) is 2. The summed E-state index contributed by atoms with van der Waals surface area (Å²) < 4.78 is 123. The number of halogens is 9. The number of hydrogen-bond donors (Lipinski definition) is 1. The lowest BCUT2D eigenvalue weighted by Crippen LogP contribution is -2.52. The van der Waals surface area contributed by atoms with Crippen molar-refractivity contribution in [2.24, 2.45) is 0 Å². The third-order valence-electron chi connectivity index (χ3n) is 3.93. The molecular weight excluding hydrogens is 355 g/mol. The Labute approximate surface area is 128 Å². The van der Waals surface area contributed by atoms with Crippen LogP contribution in [0.25, 0.3) is 5.57 Å². The molecule has 1 N–H and O–H groups in total. The van der Waals surface area contributed by atoms with Gasteiger partial charge in [-0.05, 0) is 0 Å². The number of likely N-dealkylation sites (N-methyl/N-ethyl adjacent to an activating group) is 1. The minimum Gasteiger partial charge on any atom is -0.360 e. The third kappa shape index (κ3) is 1.96. The van der Waals surface area contributed by atoms with Crippen LogP contribution in [0.1, 0.15) is 11.1 Å². The van der Waals surface area contributed by atoms with E-state index in [4.69, 9.17) is 0 Å². The first-order valence-electron chi connectivity index (χ1n) is 6.41. The van der Waals surface area contributed by atoms with E-state index in [0.717, 1.165) is 7.05 Å². The zero-order chi connectivity index (χ0) is 18.2. The Balaban J connectivity index is 2.43. The predicted molar refractivity (Wildman–Crippen MR) is 62.7 cm³/mol. The number of rotatable bonds is 0. The molecule has 1 aliphatic heterocycles. The summed E-state index contributed by atoms with van der Waals surface area (Å²) in [5, 5.41) is 1.84. The van der Waals surface area contributed by atoms with E-state index in [1.165, 1.54) is 0 Å². The maximum atomic E-state index is 14.4. The van der Waals surface area contributed by atoms with Gasteiger partial charge in [0.05, 0.1) is 17.9 Å². The Morgan fingerprint density at radius 1 is 1.00 bits per heavy atom. The van der Waals surface area contributed by atoms with Gasteiger partial charge in [-0.15, -0.1) is 0 Å². The number of fused-ring (bicyclic) bond motifs is 2. The second kappa shape index (κ2) is 4.80. The molecule has 0 bridgehead atoms. The van der Waals surface area contributed by atoms with Crippen LogP contribution >= 0.6 is 0 Å².